The van der Waals surface area contributed by atoms with Crippen molar-refractivity contribution < 1.29 is 14.3 Å². The molecule has 5 heteroatoms. The minimum Gasteiger partial charge on any atom is -0.493 e. The topological polar surface area (TPSA) is 60.5 Å². The summed E-state index contributed by atoms with van der Waals surface area (Å²) in [5.74, 6) is 0.769. The second kappa shape index (κ2) is 8.85. The fourth-order valence-electron chi connectivity index (χ4n) is 2.95. The molecular formula is C22H22N2O3. The number of benzene rings is 2. The number of ether oxygens (including phenoxy) is 2. The number of carbonyl (C=O) groups excluding carboxylic acids is 1. The van der Waals surface area contributed by atoms with Crippen LogP contribution in [-0.4, -0.2) is 25.1 Å². The predicted molar refractivity (Wildman–Crippen MR) is 105 cm³/mol. The van der Waals surface area contributed by atoms with Crippen molar-refractivity contribution >= 4 is 11.6 Å². The molecule has 1 atom stereocenters. The van der Waals surface area contributed by atoms with Gasteiger partial charge in [-0.15, -0.1) is 0 Å². The Morgan fingerprint density at radius 3 is 2.44 bits per heavy atom. The van der Waals surface area contributed by atoms with E-state index < -0.39 is 0 Å². The van der Waals surface area contributed by atoms with E-state index in [4.69, 9.17) is 9.47 Å². The largest absolute Gasteiger partial charge is 0.493 e. The lowest BCUT2D eigenvalue weighted by Gasteiger charge is -2.18. The van der Waals surface area contributed by atoms with Gasteiger partial charge in [-0.05, 0) is 35.7 Å². The zero-order chi connectivity index (χ0) is 19.1. The number of carbonyl (C=O) groups is 1. The van der Waals surface area contributed by atoms with Gasteiger partial charge in [-0.3, -0.25) is 9.78 Å². The molecule has 3 aromatic rings. The number of hydrogen-bond acceptors (Lipinski definition) is 4. The zero-order valence-electron chi connectivity index (χ0n) is 15.4. The highest BCUT2D eigenvalue weighted by atomic mass is 16.5. The van der Waals surface area contributed by atoms with E-state index in [2.05, 4.69) is 10.3 Å². The third-order valence-electron chi connectivity index (χ3n) is 4.33. The molecule has 0 saturated heterocycles. The molecule has 1 aromatic heterocycles. The maximum absolute atomic E-state index is 13.1. The third kappa shape index (κ3) is 4.64. The zero-order valence-corrected chi connectivity index (χ0v) is 15.4. The van der Waals surface area contributed by atoms with E-state index in [0.29, 0.717) is 23.6 Å². The van der Waals surface area contributed by atoms with Gasteiger partial charge in [-0.2, -0.15) is 0 Å². The molecule has 0 aliphatic heterocycles. The average Bonchev–Trinajstić information content (AvgIpc) is 2.73. The molecule has 1 N–H and O–H groups in total. The quantitative estimate of drug-likeness (QED) is 0.688. The molecule has 27 heavy (non-hydrogen) atoms. The first-order chi connectivity index (χ1) is 13.2. The monoisotopic (exact) mass is 362 g/mol. The van der Waals surface area contributed by atoms with Crippen molar-refractivity contribution in [2.75, 3.05) is 19.5 Å². The van der Waals surface area contributed by atoms with Crippen LogP contribution in [0.5, 0.6) is 11.5 Å². The Bertz CT molecular complexity index is 883. The first kappa shape index (κ1) is 18.5. The molecule has 138 valence electrons. The molecule has 0 spiro atoms. The molecule has 0 radical (unpaired) electrons. The van der Waals surface area contributed by atoms with Crippen molar-refractivity contribution in [1.29, 1.82) is 0 Å². The minimum absolute atomic E-state index is 0.0859. The van der Waals surface area contributed by atoms with Crippen LogP contribution in [0.25, 0.3) is 0 Å². The van der Waals surface area contributed by atoms with Crippen LogP contribution in [0.4, 0.5) is 5.69 Å². The second-order valence-corrected chi connectivity index (χ2v) is 6.09. The van der Waals surface area contributed by atoms with Crippen molar-refractivity contribution in [3.63, 3.8) is 0 Å². The lowest BCUT2D eigenvalue weighted by molar-refractivity contribution is -0.117. The van der Waals surface area contributed by atoms with Crippen LogP contribution in [0.15, 0.2) is 73.1 Å². The minimum atomic E-state index is -0.330. The van der Waals surface area contributed by atoms with E-state index >= 15 is 0 Å². The molecule has 0 bridgehead atoms. The number of pyridine rings is 1. The molecule has 0 aliphatic rings. The van der Waals surface area contributed by atoms with Gasteiger partial charge in [0.15, 0.2) is 11.5 Å². The van der Waals surface area contributed by atoms with E-state index in [-0.39, 0.29) is 11.8 Å². The van der Waals surface area contributed by atoms with Crippen LogP contribution in [0, 0.1) is 0 Å². The number of nitrogens with one attached hydrogen (secondary N) is 1. The van der Waals surface area contributed by atoms with Crippen molar-refractivity contribution in [2.24, 2.45) is 0 Å². The van der Waals surface area contributed by atoms with Crippen LogP contribution < -0.4 is 14.8 Å². The normalized spacial score (nSPS) is 11.5. The van der Waals surface area contributed by atoms with Crippen LogP contribution in [0.1, 0.15) is 17.0 Å². The van der Waals surface area contributed by atoms with Gasteiger partial charge >= 0.3 is 0 Å². The fraction of sp³-hybridized carbons (Fsp3) is 0.182. The van der Waals surface area contributed by atoms with Gasteiger partial charge < -0.3 is 14.8 Å². The first-order valence-corrected chi connectivity index (χ1v) is 8.68. The number of anilines is 1. The van der Waals surface area contributed by atoms with E-state index in [1.807, 2.05) is 42.5 Å². The van der Waals surface area contributed by atoms with Crippen molar-refractivity contribution in [2.45, 2.75) is 12.3 Å². The summed E-state index contributed by atoms with van der Waals surface area (Å²) in [6.07, 6.45) is 4.08. The average molecular weight is 362 g/mol. The summed E-state index contributed by atoms with van der Waals surface area (Å²) in [7, 11) is 3.15. The Labute approximate surface area is 159 Å². The highest BCUT2D eigenvalue weighted by Gasteiger charge is 2.21. The summed E-state index contributed by atoms with van der Waals surface area (Å²) in [4.78, 5) is 17.2. The van der Waals surface area contributed by atoms with Crippen LogP contribution in [0.2, 0.25) is 0 Å². The van der Waals surface area contributed by atoms with E-state index in [1.54, 1.807) is 44.8 Å². The highest BCUT2D eigenvalue weighted by molar-refractivity contribution is 5.96. The number of amides is 1. The van der Waals surface area contributed by atoms with Gasteiger partial charge in [-0.1, -0.05) is 36.4 Å². The maximum Gasteiger partial charge on any atom is 0.232 e. The van der Waals surface area contributed by atoms with Gasteiger partial charge in [0, 0.05) is 24.1 Å². The van der Waals surface area contributed by atoms with Crippen LogP contribution in [0.3, 0.4) is 0 Å². The van der Waals surface area contributed by atoms with E-state index in [1.165, 1.54) is 0 Å². The molecular weight excluding hydrogens is 340 g/mol. The van der Waals surface area contributed by atoms with E-state index in [9.17, 15) is 4.79 Å². The second-order valence-electron chi connectivity index (χ2n) is 6.09. The van der Waals surface area contributed by atoms with Crippen molar-refractivity contribution in [1.82, 2.24) is 4.98 Å². The Morgan fingerprint density at radius 2 is 1.78 bits per heavy atom. The van der Waals surface area contributed by atoms with Gasteiger partial charge in [0.05, 0.1) is 20.1 Å². The fourth-order valence-corrected chi connectivity index (χ4v) is 2.95. The summed E-state index contributed by atoms with van der Waals surface area (Å²) >= 11 is 0. The van der Waals surface area contributed by atoms with Gasteiger partial charge in [0.25, 0.3) is 0 Å². The molecule has 1 unspecified atom stereocenters. The summed E-state index contributed by atoms with van der Waals surface area (Å²) < 4.78 is 10.6. The van der Waals surface area contributed by atoms with E-state index in [0.717, 1.165) is 11.1 Å². The molecule has 0 aliphatic carbocycles. The summed E-state index contributed by atoms with van der Waals surface area (Å²) in [5.41, 5.74) is 2.62. The highest BCUT2D eigenvalue weighted by Crippen LogP contribution is 2.30. The summed E-state index contributed by atoms with van der Waals surface area (Å²) in [5, 5.41) is 2.99. The molecule has 1 amide bonds. The smallest absolute Gasteiger partial charge is 0.232 e. The van der Waals surface area contributed by atoms with Crippen LogP contribution >= 0.6 is 0 Å². The SMILES string of the molecule is COc1ccc(NC(=O)C(Cc2cccnc2)c2ccccc2)cc1OC. The summed E-state index contributed by atoms with van der Waals surface area (Å²) in [6.45, 7) is 0. The standard InChI is InChI=1S/C22H22N2O3/c1-26-20-11-10-18(14-21(20)27-2)24-22(25)19(17-8-4-3-5-9-17)13-16-7-6-12-23-15-16/h3-12,14-15,19H,13H2,1-2H3,(H,24,25). The molecule has 0 saturated carbocycles. The Balaban J connectivity index is 1.85. The van der Waals surface area contributed by atoms with Crippen molar-refractivity contribution in [3.8, 4) is 11.5 Å². The Hall–Kier alpha value is -3.34. The van der Waals surface area contributed by atoms with Crippen molar-refractivity contribution in [3.05, 3.63) is 84.2 Å². The number of hydrogen-bond donors (Lipinski definition) is 1. The molecule has 1 heterocycles. The number of rotatable bonds is 7. The maximum atomic E-state index is 13.1. The van der Waals surface area contributed by atoms with Gasteiger partial charge in [0.2, 0.25) is 5.91 Å². The predicted octanol–water partition coefficient (Wildman–Crippen LogP) is 4.06. The number of aromatic nitrogens is 1. The van der Waals surface area contributed by atoms with Crippen LogP contribution in [-0.2, 0) is 11.2 Å². The third-order valence-corrected chi connectivity index (χ3v) is 4.33. The molecule has 0 fully saturated rings. The molecule has 5 nitrogen and oxygen atoms in total. The lowest BCUT2D eigenvalue weighted by Crippen LogP contribution is -2.23. The van der Waals surface area contributed by atoms with Gasteiger partial charge in [0.1, 0.15) is 0 Å². The summed E-state index contributed by atoms with van der Waals surface area (Å²) in [6, 6.07) is 18.9. The molecule has 3 rings (SSSR count). The Kier molecular flexibility index (Phi) is 6.05. The first-order valence-electron chi connectivity index (χ1n) is 8.68. The molecule has 2 aromatic carbocycles. The number of methoxy groups -OCH3 is 2. The Morgan fingerprint density at radius 1 is 1.00 bits per heavy atom. The van der Waals surface area contributed by atoms with Gasteiger partial charge in [-0.25, -0.2) is 0 Å². The number of nitrogens with zero attached hydrogens (tertiary/aromatic N) is 1. The lowest BCUT2D eigenvalue weighted by atomic mass is 9.91.